The molecule has 0 spiro atoms. The maximum atomic E-state index is 8.61. The summed E-state index contributed by atoms with van der Waals surface area (Å²) in [5, 5.41) is 11.7. The van der Waals surface area contributed by atoms with Crippen molar-refractivity contribution in [1.82, 2.24) is 4.90 Å². The van der Waals surface area contributed by atoms with E-state index in [9.17, 15) is 0 Å². The van der Waals surface area contributed by atoms with E-state index in [2.05, 4.69) is 30.8 Å². The largest absolute Gasteiger partial charge is 0.409 e. The number of nitrogens with two attached hydrogens (primary N) is 1. The third-order valence-corrected chi connectivity index (χ3v) is 4.28. The summed E-state index contributed by atoms with van der Waals surface area (Å²) >= 11 is 0. The number of hydrogen-bond donors (Lipinski definition) is 2. The second kappa shape index (κ2) is 7.62. The molecule has 0 atom stereocenters. The Kier molecular flexibility index (Phi) is 6.47. The lowest BCUT2D eigenvalue weighted by Crippen LogP contribution is -2.44. The van der Waals surface area contributed by atoms with Gasteiger partial charge in [-0.05, 0) is 45.4 Å². The lowest BCUT2D eigenvalue weighted by molar-refractivity contribution is 0.107. The van der Waals surface area contributed by atoms with Crippen LogP contribution in [0.1, 0.15) is 59.3 Å². The molecule has 0 saturated heterocycles. The first-order chi connectivity index (χ1) is 8.58. The van der Waals surface area contributed by atoms with Crippen LogP contribution in [0.4, 0.5) is 0 Å². The molecule has 4 heteroatoms. The minimum absolute atomic E-state index is 0.336. The zero-order valence-corrected chi connectivity index (χ0v) is 12.1. The van der Waals surface area contributed by atoms with Crippen molar-refractivity contribution in [2.45, 2.75) is 71.4 Å². The topological polar surface area (TPSA) is 61.8 Å². The highest BCUT2D eigenvalue weighted by Gasteiger charge is 2.26. The van der Waals surface area contributed by atoms with Crippen molar-refractivity contribution in [3.63, 3.8) is 0 Å². The minimum Gasteiger partial charge on any atom is -0.409 e. The lowest BCUT2D eigenvalue weighted by atomic mass is 9.83. The molecular weight excluding hydrogens is 226 g/mol. The van der Waals surface area contributed by atoms with Gasteiger partial charge in [-0.25, -0.2) is 0 Å². The first kappa shape index (κ1) is 15.3. The quantitative estimate of drug-likeness (QED) is 0.332. The van der Waals surface area contributed by atoms with E-state index in [-0.39, 0.29) is 0 Å². The molecule has 1 aliphatic carbocycles. The molecule has 0 aliphatic heterocycles. The highest BCUT2D eigenvalue weighted by Crippen LogP contribution is 2.30. The molecule has 0 radical (unpaired) electrons. The number of nitrogens with zero attached hydrogens (tertiary/aromatic N) is 2. The number of amidine groups is 1. The molecule has 0 amide bonds. The molecule has 18 heavy (non-hydrogen) atoms. The van der Waals surface area contributed by atoms with Crippen LogP contribution in [-0.2, 0) is 0 Å². The molecule has 1 aliphatic rings. The van der Waals surface area contributed by atoms with Gasteiger partial charge in [0.25, 0.3) is 0 Å². The monoisotopic (exact) mass is 255 g/mol. The van der Waals surface area contributed by atoms with Crippen LogP contribution in [0.5, 0.6) is 0 Å². The summed E-state index contributed by atoms with van der Waals surface area (Å²) in [4.78, 5) is 2.52. The maximum Gasteiger partial charge on any atom is 0.140 e. The van der Waals surface area contributed by atoms with Crippen molar-refractivity contribution >= 4 is 5.84 Å². The molecule has 1 rings (SSSR count). The van der Waals surface area contributed by atoms with Crippen molar-refractivity contribution in [3.05, 3.63) is 0 Å². The molecule has 1 fully saturated rings. The van der Waals surface area contributed by atoms with Gasteiger partial charge in [0.15, 0.2) is 0 Å². The van der Waals surface area contributed by atoms with Crippen molar-refractivity contribution in [2.24, 2.45) is 16.8 Å². The van der Waals surface area contributed by atoms with Crippen LogP contribution in [0.2, 0.25) is 0 Å². The summed E-state index contributed by atoms with van der Waals surface area (Å²) in [6, 6.07) is 1.21. The van der Waals surface area contributed by atoms with Gasteiger partial charge in [0.2, 0.25) is 0 Å². The van der Waals surface area contributed by atoms with Crippen LogP contribution in [0, 0.1) is 5.92 Å². The van der Waals surface area contributed by atoms with E-state index in [1.807, 2.05) is 0 Å². The van der Waals surface area contributed by atoms with Crippen LogP contribution in [0.3, 0.4) is 0 Å². The average Bonchev–Trinajstić information content (AvgIpc) is 2.39. The number of rotatable bonds is 6. The third kappa shape index (κ3) is 4.48. The Balaban J connectivity index is 2.47. The second-order valence-electron chi connectivity index (χ2n) is 5.76. The summed E-state index contributed by atoms with van der Waals surface area (Å²) < 4.78 is 0. The van der Waals surface area contributed by atoms with E-state index >= 15 is 0 Å². The van der Waals surface area contributed by atoms with E-state index < -0.39 is 0 Å². The Hall–Kier alpha value is -0.770. The lowest BCUT2D eigenvalue weighted by Gasteiger charge is -2.39. The molecule has 106 valence electrons. The Morgan fingerprint density at radius 3 is 2.39 bits per heavy atom. The fraction of sp³-hybridized carbons (Fsp3) is 0.929. The summed E-state index contributed by atoms with van der Waals surface area (Å²) in [6.07, 6.45) is 7.28. The van der Waals surface area contributed by atoms with Gasteiger partial charge >= 0.3 is 0 Å². The first-order valence-corrected chi connectivity index (χ1v) is 7.30. The summed E-state index contributed by atoms with van der Waals surface area (Å²) in [5.74, 6) is 1.27. The SMILES string of the molecule is CCC1CCC(N(CC/C(N)=N/O)C(C)C)CC1. The fourth-order valence-corrected chi connectivity index (χ4v) is 3.04. The highest BCUT2D eigenvalue weighted by atomic mass is 16.4. The van der Waals surface area contributed by atoms with E-state index in [4.69, 9.17) is 10.9 Å². The van der Waals surface area contributed by atoms with Crippen LogP contribution in [0.15, 0.2) is 5.16 Å². The van der Waals surface area contributed by atoms with E-state index in [0.29, 0.717) is 24.3 Å². The molecule has 4 nitrogen and oxygen atoms in total. The second-order valence-corrected chi connectivity index (χ2v) is 5.76. The molecule has 0 unspecified atom stereocenters. The van der Waals surface area contributed by atoms with Gasteiger partial charge in [-0.1, -0.05) is 18.5 Å². The Bertz CT molecular complexity index is 258. The number of oxime groups is 1. The highest BCUT2D eigenvalue weighted by molar-refractivity contribution is 5.79. The standard InChI is InChI=1S/C14H29N3O/c1-4-12-5-7-13(8-6-12)17(11(2)3)10-9-14(15)16-18/h11-13,18H,4-10H2,1-3H3,(H2,15,16). The van der Waals surface area contributed by atoms with Crippen LogP contribution in [-0.4, -0.2) is 34.6 Å². The Morgan fingerprint density at radius 1 is 1.33 bits per heavy atom. The van der Waals surface area contributed by atoms with Gasteiger partial charge in [-0.3, -0.25) is 4.90 Å². The molecular formula is C14H29N3O. The minimum atomic E-state index is 0.336. The van der Waals surface area contributed by atoms with Crippen molar-refractivity contribution in [3.8, 4) is 0 Å². The Labute approximate surface area is 111 Å². The van der Waals surface area contributed by atoms with Crippen molar-refractivity contribution in [2.75, 3.05) is 6.54 Å². The molecule has 0 aromatic carbocycles. The average molecular weight is 255 g/mol. The molecule has 3 N–H and O–H groups in total. The predicted octanol–water partition coefficient (Wildman–Crippen LogP) is 2.80. The van der Waals surface area contributed by atoms with E-state index in [1.165, 1.54) is 32.1 Å². The van der Waals surface area contributed by atoms with E-state index in [1.54, 1.807) is 0 Å². The van der Waals surface area contributed by atoms with Crippen molar-refractivity contribution in [1.29, 1.82) is 0 Å². The van der Waals surface area contributed by atoms with Gasteiger partial charge in [-0.2, -0.15) is 0 Å². The zero-order valence-electron chi connectivity index (χ0n) is 12.1. The summed E-state index contributed by atoms with van der Waals surface area (Å²) in [5.41, 5.74) is 5.57. The van der Waals surface area contributed by atoms with Crippen LogP contribution >= 0.6 is 0 Å². The van der Waals surface area contributed by atoms with Gasteiger partial charge < -0.3 is 10.9 Å². The van der Waals surface area contributed by atoms with Crippen LogP contribution < -0.4 is 5.73 Å². The predicted molar refractivity (Wildman–Crippen MR) is 75.9 cm³/mol. The zero-order chi connectivity index (χ0) is 13.5. The fourth-order valence-electron chi connectivity index (χ4n) is 3.04. The van der Waals surface area contributed by atoms with E-state index in [0.717, 1.165) is 12.5 Å². The summed E-state index contributed by atoms with van der Waals surface area (Å²) in [7, 11) is 0. The summed E-state index contributed by atoms with van der Waals surface area (Å²) in [6.45, 7) is 7.66. The molecule has 0 aromatic heterocycles. The molecule has 0 aromatic rings. The molecule has 0 bridgehead atoms. The number of hydrogen-bond acceptors (Lipinski definition) is 3. The Morgan fingerprint density at radius 2 is 1.94 bits per heavy atom. The van der Waals surface area contributed by atoms with Crippen molar-refractivity contribution < 1.29 is 5.21 Å². The van der Waals surface area contributed by atoms with Crippen LogP contribution in [0.25, 0.3) is 0 Å². The van der Waals surface area contributed by atoms with Gasteiger partial charge in [0.1, 0.15) is 5.84 Å². The molecule has 1 saturated carbocycles. The maximum absolute atomic E-state index is 8.61. The smallest absolute Gasteiger partial charge is 0.140 e. The first-order valence-electron chi connectivity index (χ1n) is 7.30. The normalized spacial score (nSPS) is 25.9. The van der Waals surface area contributed by atoms with Gasteiger partial charge in [0.05, 0.1) is 0 Å². The van der Waals surface area contributed by atoms with Gasteiger partial charge in [0, 0.05) is 25.0 Å². The third-order valence-electron chi connectivity index (χ3n) is 4.28. The molecule has 0 heterocycles. The van der Waals surface area contributed by atoms with Gasteiger partial charge in [-0.15, -0.1) is 0 Å².